The van der Waals surface area contributed by atoms with Gasteiger partial charge in [-0.2, -0.15) is 0 Å². The molecule has 0 saturated heterocycles. The molecule has 0 fully saturated rings. The third-order valence-corrected chi connectivity index (χ3v) is 3.71. The Bertz CT molecular complexity index is 367. The van der Waals surface area contributed by atoms with Gasteiger partial charge in [-0.25, -0.2) is 0 Å². The van der Waals surface area contributed by atoms with Gasteiger partial charge in [0, 0.05) is 25.9 Å². The fourth-order valence-electron chi connectivity index (χ4n) is 2.26. The van der Waals surface area contributed by atoms with Gasteiger partial charge >= 0.3 is 5.97 Å². The Morgan fingerprint density at radius 2 is 1.62 bits per heavy atom. The molecule has 6 nitrogen and oxygen atoms in total. The van der Waals surface area contributed by atoms with Crippen LogP contribution in [0.4, 0.5) is 0 Å². The predicted molar refractivity (Wildman–Crippen MR) is 91.1 cm³/mol. The van der Waals surface area contributed by atoms with Crippen LogP contribution in [0.15, 0.2) is 0 Å². The lowest BCUT2D eigenvalue weighted by molar-refractivity contribution is -0.144. The monoisotopic (exact) mass is 344 g/mol. The smallest absolute Gasteiger partial charge is 0.306 e. The van der Waals surface area contributed by atoms with Crippen molar-refractivity contribution in [2.75, 3.05) is 26.4 Å². The van der Waals surface area contributed by atoms with Gasteiger partial charge in [0.15, 0.2) is 5.78 Å². The van der Waals surface area contributed by atoms with Crippen LogP contribution in [-0.2, 0) is 23.9 Å². The standard InChI is InChI=1S/C18H32O6/c1-3-10-23-11-12-24-14-17(20)13-15(18(21)22)8-6-5-7-9-16(19)4-2/h15H,3-14H2,1-2H3,(H,21,22). The number of aliphatic carboxylic acids is 1. The van der Waals surface area contributed by atoms with Gasteiger partial charge in [-0.1, -0.05) is 26.7 Å². The zero-order chi connectivity index (χ0) is 18.2. The van der Waals surface area contributed by atoms with Crippen LogP contribution in [0.3, 0.4) is 0 Å². The second-order valence-corrected chi connectivity index (χ2v) is 5.93. The van der Waals surface area contributed by atoms with Crippen LogP contribution in [0.25, 0.3) is 0 Å². The van der Waals surface area contributed by atoms with E-state index in [0.29, 0.717) is 45.5 Å². The van der Waals surface area contributed by atoms with Crippen LogP contribution >= 0.6 is 0 Å². The van der Waals surface area contributed by atoms with Gasteiger partial charge in [0.2, 0.25) is 0 Å². The number of carbonyl (C=O) groups is 3. The van der Waals surface area contributed by atoms with Crippen molar-refractivity contribution in [1.82, 2.24) is 0 Å². The van der Waals surface area contributed by atoms with Gasteiger partial charge in [-0.15, -0.1) is 0 Å². The van der Waals surface area contributed by atoms with Crippen molar-refractivity contribution in [3.63, 3.8) is 0 Å². The maximum absolute atomic E-state index is 11.8. The van der Waals surface area contributed by atoms with Crippen molar-refractivity contribution in [2.45, 2.75) is 65.2 Å². The number of rotatable bonds is 17. The van der Waals surface area contributed by atoms with Gasteiger partial charge in [0.25, 0.3) is 0 Å². The van der Waals surface area contributed by atoms with Crippen LogP contribution < -0.4 is 0 Å². The number of hydrogen-bond acceptors (Lipinski definition) is 5. The Morgan fingerprint density at radius 1 is 0.917 bits per heavy atom. The number of hydrogen-bond donors (Lipinski definition) is 1. The number of ketones is 2. The van der Waals surface area contributed by atoms with E-state index in [0.717, 1.165) is 19.3 Å². The van der Waals surface area contributed by atoms with E-state index in [2.05, 4.69) is 0 Å². The first-order chi connectivity index (χ1) is 11.5. The summed E-state index contributed by atoms with van der Waals surface area (Å²) in [6.45, 7) is 5.24. The summed E-state index contributed by atoms with van der Waals surface area (Å²) in [5.41, 5.74) is 0. The first-order valence-corrected chi connectivity index (χ1v) is 8.92. The molecule has 0 spiro atoms. The van der Waals surface area contributed by atoms with Crippen molar-refractivity contribution in [3.8, 4) is 0 Å². The highest BCUT2D eigenvalue weighted by Crippen LogP contribution is 2.16. The number of unbranched alkanes of at least 4 members (excludes halogenated alkanes) is 2. The minimum atomic E-state index is -0.945. The first kappa shape index (κ1) is 22.7. The lowest BCUT2D eigenvalue weighted by Gasteiger charge is -2.11. The summed E-state index contributed by atoms with van der Waals surface area (Å²) in [7, 11) is 0. The molecule has 0 aromatic heterocycles. The largest absolute Gasteiger partial charge is 0.481 e. The average molecular weight is 344 g/mol. The summed E-state index contributed by atoms with van der Waals surface area (Å²) < 4.78 is 10.4. The molecule has 1 unspecified atom stereocenters. The quantitative estimate of drug-likeness (QED) is 0.408. The van der Waals surface area contributed by atoms with Crippen LogP contribution in [0.2, 0.25) is 0 Å². The molecule has 1 atom stereocenters. The molecule has 0 aliphatic heterocycles. The normalized spacial score (nSPS) is 12.1. The second kappa shape index (κ2) is 15.3. The molecular weight excluding hydrogens is 312 g/mol. The summed E-state index contributed by atoms with van der Waals surface area (Å²) >= 11 is 0. The Balaban J connectivity index is 3.83. The number of carboxylic acids is 1. The highest BCUT2D eigenvalue weighted by atomic mass is 16.5. The Kier molecular flexibility index (Phi) is 14.5. The Hall–Kier alpha value is -1.27. The van der Waals surface area contributed by atoms with Crippen LogP contribution in [-0.4, -0.2) is 49.1 Å². The van der Waals surface area contributed by atoms with E-state index in [1.165, 1.54) is 0 Å². The third kappa shape index (κ3) is 13.2. The van der Waals surface area contributed by atoms with Crippen molar-refractivity contribution >= 4 is 17.5 Å². The highest BCUT2D eigenvalue weighted by Gasteiger charge is 2.20. The maximum atomic E-state index is 11.8. The van der Waals surface area contributed by atoms with Crippen LogP contribution in [0, 0.1) is 5.92 Å². The average Bonchev–Trinajstić information content (AvgIpc) is 2.56. The maximum Gasteiger partial charge on any atom is 0.306 e. The molecule has 0 aliphatic carbocycles. The van der Waals surface area contributed by atoms with Gasteiger partial charge in [-0.3, -0.25) is 14.4 Å². The summed E-state index contributed by atoms with van der Waals surface area (Å²) in [5.74, 6) is -1.57. The highest BCUT2D eigenvalue weighted by molar-refractivity contribution is 5.84. The fraction of sp³-hybridized carbons (Fsp3) is 0.833. The summed E-state index contributed by atoms with van der Waals surface area (Å²) in [5, 5.41) is 9.21. The zero-order valence-electron chi connectivity index (χ0n) is 15.1. The van der Waals surface area contributed by atoms with Crippen LogP contribution in [0.5, 0.6) is 0 Å². The molecule has 0 amide bonds. The van der Waals surface area contributed by atoms with Gasteiger partial charge in [0.1, 0.15) is 12.4 Å². The van der Waals surface area contributed by atoms with E-state index in [4.69, 9.17) is 9.47 Å². The van der Waals surface area contributed by atoms with E-state index in [-0.39, 0.29) is 24.6 Å². The fourth-order valence-corrected chi connectivity index (χ4v) is 2.26. The molecule has 24 heavy (non-hydrogen) atoms. The SMILES string of the molecule is CCCOCCOCC(=O)CC(CCCCCC(=O)CC)C(=O)O. The van der Waals surface area contributed by atoms with E-state index < -0.39 is 11.9 Å². The molecular formula is C18H32O6. The van der Waals surface area contributed by atoms with E-state index in [9.17, 15) is 19.5 Å². The van der Waals surface area contributed by atoms with Gasteiger partial charge in [-0.05, 0) is 19.3 Å². The molecule has 0 aliphatic rings. The second-order valence-electron chi connectivity index (χ2n) is 5.93. The lowest BCUT2D eigenvalue weighted by Crippen LogP contribution is -2.21. The molecule has 0 radical (unpaired) electrons. The molecule has 0 bridgehead atoms. The molecule has 0 rings (SSSR count). The predicted octanol–water partition coefficient (Wildman–Crippen LogP) is 3.02. The summed E-state index contributed by atoms with van der Waals surface area (Å²) in [4.78, 5) is 34.2. The van der Waals surface area contributed by atoms with Crippen LogP contribution in [0.1, 0.15) is 65.2 Å². The minimum Gasteiger partial charge on any atom is -0.481 e. The lowest BCUT2D eigenvalue weighted by atomic mass is 9.95. The van der Waals surface area contributed by atoms with Crippen molar-refractivity contribution in [1.29, 1.82) is 0 Å². The van der Waals surface area contributed by atoms with E-state index >= 15 is 0 Å². The molecule has 6 heteroatoms. The molecule has 0 heterocycles. The molecule has 0 aromatic carbocycles. The topological polar surface area (TPSA) is 89.9 Å². The number of carboxylic acid groups (broad SMARTS) is 1. The summed E-state index contributed by atoms with van der Waals surface area (Å²) in [6.07, 6.45) is 4.82. The zero-order valence-corrected chi connectivity index (χ0v) is 15.1. The van der Waals surface area contributed by atoms with Crippen molar-refractivity contribution in [2.24, 2.45) is 5.92 Å². The van der Waals surface area contributed by atoms with E-state index in [1.807, 2.05) is 13.8 Å². The van der Waals surface area contributed by atoms with Gasteiger partial charge < -0.3 is 14.6 Å². The molecule has 0 aromatic rings. The number of ether oxygens (including phenoxy) is 2. The molecule has 140 valence electrons. The van der Waals surface area contributed by atoms with E-state index in [1.54, 1.807) is 0 Å². The number of carbonyl (C=O) groups excluding carboxylic acids is 2. The Morgan fingerprint density at radius 3 is 2.25 bits per heavy atom. The Labute approximate surface area is 144 Å². The third-order valence-electron chi connectivity index (χ3n) is 3.71. The first-order valence-electron chi connectivity index (χ1n) is 8.92. The van der Waals surface area contributed by atoms with Crippen molar-refractivity contribution in [3.05, 3.63) is 0 Å². The summed E-state index contributed by atoms with van der Waals surface area (Å²) in [6, 6.07) is 0. The number of Topliss-reactive ketones (excluding diaryl/α,β-unsaturated/α-hetero) is 2. The van der Waals surface area contributed by atoms with Gasteiger partial charge in [0.05, 0.1) is 19.1 Å². The minimum absolute atomic E-state index is 0.000951. The molecule has 0 saturated carbocycles. The van der Waals surface area contributed by atoms with Crippen molar-refractivity contribution < 1.29 is 29.0 Å². The molecule has 1 N–H and O–H groups in total.